The van der Waals surface area contributed by atoms with Gasteiger partial charge >= 0.3 is 0 Å². The van der Waals surface area contributed by atoms with Crippen molar-refractivity contribution in [2.45, 2.75) is 0 Å². The number of hydrogen-bond acceptors (Lipinski definition) is 2. The van der Waals surface area contributed by atoms with Gasteiger partial charge in [0.25, 0.3) is 0 Å². The van der Waals surface area contributed by atoms with E-state index in [1.54, 1.807) is 0 Å². The molecular weight excluding hydrogens is 647 g/mol. The number of rotatable bonds is 4. The van der Waals surface area contributed by atoms with Gasteiger partial charge in [-0.05, 0) is 60.7 Å². The number of aromatic nitrogens is 4. The SMILES string of the molecule is N#Cc1cc(-c2cccc(-n3c4ccccc4c4ccccc43)n2)c(-n2c3ccccc3c3ccccc32)cc1-n1c2ccccc2c2ccccc21. The molecule has 0 spiro atoms. The molecule has 0 aliphatic heterocycles. The molecule has 11 aromatic rings. The molecule has 0 bridgehead atoms. The Hall–Kier alpha value is -7.42. The minimum absolute atomic E-state index is 0.570. The van der Waals surface area contributed by atoms with Crippen molar-refractivity contribution in [1.82, 2.24) is 18.7 Å². The zero-order valence-corrected chi connectivity index (χ0v) is 28.5. The summed E-state index contributed by atoms with van der Waals surface area (Å²) in [5.74, 6) is 0.818. The Morgan fingerprint density at radius 1 is 0.377 bits per heavy atom. The lowest BCUT2D eigenvalue weighted by Crippen LogP contribution is -2.05. The summed E-state index contributed by atoms with van der Waals surface area (Å²) in [5, 5.41) is 17.9. The van der Waals surface area contributed by atoms with Gasteiger partial charge in [0, 0.05) is 37.9 Å². The van der Waals surface area contributed by atoms with Crippen LogP contribution in [0.2, 0.25) is 0 Å². The molecule has 4 aromatic heterocycles. The van der Waals surface area contributed by atoms with E-state index in [1.165, 1.54) is 21.5 Å². The molecule has 0 radical (unpaired) electrons. The number of nitriles is 1. The summed E-state index contributed by atoms with van der Waals surface area (Å²) in [6, 6.07) is 64.0. The highest BCUT2D eigenvalue weighted by Crippen LogP contribution is 2.41. The molecule has 0 saturated heterocycles. The fraction of sp³-hybridized carbons (Fsp3) is 0. The van der Waals surface area contributed by atoms with Crippen LogP contribution in [0.25, 0.3) is 93.9 Å². The first-order valence-corrected chi connectivity index (χ1v) is 17.8. The van der Waals surface area contributed by atoms with Crippen molar-refractivity contribution >= 4 is 65.4 Å². The Bertz CT molecular complexity index is 3150. The summed E-state index contributed by atoms with van der Waals surface area (Å²) in [7, 11) is 0. The molecule has 11 rings (SSSR count). The molecule has 0 fully saturated rings. The lowest BCUT2D eigenvalue weighted by Gasteiger charge is -2.19. The summed E-state index contributed by atoms with van der Waals surface area (Å²) < 4.78 is 6.83. The Kier molecular flexibility index (Phi) is 6.25. The second-order valence-electron chi connectivity index (χ2n) is 13.5. The highest BCUT2D eigenvalue weighted by atomic mass is 15.1. The first-order valence-electron chi connectivity index (χ1n) is 17.8. The monoisotopic (exact) mass is 675 g/mol. The molecule has 5 heteroatoms. The quantitative estimate of drug-likeness (QED) is 0.186. The molecule has 246 valence electrons. The first-order chi connectivity index (χ1) is 26.3. The van der Waals surface area contributed by atoms with Crippen LogP contribution in [0.4, 0.5) is 0 Å². The van der Waals surface area contributed by atoms with Gasteiger partial charge in [-0.15, -0.1) is 0 Å². The molecule has 5 nitrogen and oxygen atoms in total. The van der Waals surface area contributed by atoms with Crippen molar-refractivity contribution in [1.29, 1.82) is 5.26 Å². The Balaban J connectivity index is 1.25. The molecule has 0 aliphatic carbocycles. The van der Waals surface area contributed by atoms with Gasteiger partial charge in [0.15, 0.2) is 0 Å². The zero-order chi connectivity index (χ0) is 35.0. The summed E-state index contributed by atoms with van der Waals surface area (Å²) in [6.45, 7) is 0. The maximum absolute atomic E-state index is 10.9. The highest BCUT2D eigenvalue weighted by molar-refractivity contribution is 6.12. The summed E-state index contributed by atoms with van der Waals surface area (Å²) in [5.41, 5.74) is 10.5. The van der Waals surface area contributed by atoms with Gasteiger partial charge in [-0.3, -0.25) is 4.57 Å². The van der Waals surface area contributed by atoms with Crippen molar-refractivity contribution in [2.75, 3.05) is 0 Å². The van der Waals surface area contributed by atoms with Crippen LogP contribution >= 0.6 is 0 Å². The lowest BCUT2D eigenvalue weighted by atomic mass is 10.0. The van der Waals surface area contributed by atoms with Gasteiger partial charge in [0.2, 0.25) is 0 Å². The molecule has 0 aliphatic rings. The van der Waals surface area contributed by atoms with Crippen LogP contribution in [0, 0.1) is 11.3 Å². The van der Waals surface area contributed by atoms with Crippen molar-refractivity contribution in [2.24, 2.45) is 0 Å². The summed E-state index contributed by atoms with van der Waals surface area (Å²) in [6.07, 6.45) is 0. The minimum atomic E-state index is 0.570. The molecule has 0 atom stereocenters. The van der Waals surface area contributed by atoms with Gasteiger partial charge in [-0.25, -0.2) is 4.98 Å². The van der Waals surface area contributed by atoms with Gasteiger partial charge < -0.3 is 9.13 Å². The molecular formula is C48H29N5. The Morgan fingerprint density at radius 2 is 0.755 bits per heavy atom. The van der Waals surface area contributed by atoms with Crippen LogP contribution < -0.4 is 0 Å². The highest BCUT2D eigenvalue weighted by Gasteiger charge is 2.22. The number of pyridine rings is 1. The van der Waals surface area contributed by atoms with Crippen molar-refractivity contribution < 1.29 is 0 Å². The first kappa shape index (κ1) is 29.3. The van der Waals surface area contributed by atoms with E-state index in [2.05, 4.69) is 190 Å². The van der Waals surface area contributed by atoms with E-state index in [0.29, 0.717) is 5.56 Å². The van der Waals surface area contributed by atoms with E-state index in [9.17, 15) is 5.26 Å². The van der Waals surface area contributed by atoms with Crippen molar-refractivity contribution in [3.63, 3.8) is 0 Å². The number of fused-ring (bicyclic) bond motifs is 9. The maximum atomic E-state index is 10.9. The lowest BCUT2D eigenvalue weighted by molar-refractivity contribution is 1.08. The second-order valence-corrected chi connectivity index (χ2v) is 13.5. The molecule has 4 heterocycles. The molecule has 0 unspecified atom stereocenters. The average molecular weight is 676 g/mol. The van der Waals surface area contributed by atoms with Gasteiger partial charge in [-0.2, -0.15) is 5.26 Å². The fourth-order valence-corrected chi connectivity index (χ4v) is 8.47. The average Bonchev–Trinajstić information content (AvgIpc) is 3.86. The fourth-order valence-electron chi connectivity index (χ4n) is 8.47. The van der Waals surface area contributed by atoms with E-state index in [4.69, 9.17) is 4.98 Å². The third kappa shape index (κ3) is 4.21. The number of benzene rings is 7. The van der Waals surface area contributed by atoms with E-state index in [-0.39, 0.29) is 0 Å². The third-order valence-electron chi connectivity index (χ3n) is 10.7. The van der Waals surface area contributed by atoms with Crippen LogP contribution in [0.3, 0.4) is 0 Å². The summed E-state index contributed by atoms with van der Waals surface area (Å²) >= 11 is 0. The number of para-hydroxylation sites is 6. The minimum Gasteiger partial charge on any atom is -0.308 e. The maximum Gasteiger partial charge on any atom is 0.138 e. The molecule has 7 aromatic carbocycles. The Labute approximate surface area is 304 Å². The van der Waals surface area contributed by atoms with Crippen LogP contribution in [0.15, 0.2) is 176 Å². The third-order valence-corrected chi connectivity index (χ3v) is 10.7. The number of nitrogens with zero attached hydrogens (tertiary/aromatic N) is 5. The van der Waals surface area contributed by atoms with E-state index in [1.807, 2.05) is 6.07 Å². The van der Waals surface area contributed by atoms with Crippen molar-refractivity contribution in [3.05, 3.63) is 181 Å². The molecule has 0 amide bonds. The molecule has 53 heavy (non-hydrogen) atoms. The van der Waals surface area contributed by atoms with Gasteiger partial charge in [0.1, 0.15) is 11.9 Å². The smallest absolute Gasteiger partial charge is 0.138 e. The van der Waals surface area contributed by atoms with Crippen LogP contribution in [-0.4, -0.2) is 18.7 Å². The second kappa shape index (κ2) is 11.3. The van der Waals surface area contributed by atoms with E-state index < -0.39 is 0 Å². The van der Waals surface area contributed by atoms with Crippen LogP contribution in [-0.2, 0) is 0 Å². The zero-order valence-electron chi connectivity index (χ0n) is 28.5. The predicted molar refractivity (Wildman–Crippen MR) is 217 cm³/mol. The summed E-state index contributed by atoms with van der Waals surface area (Å²) in [4.78, 5) is 5.42. The predicted octanol–water partition coefficient (Wildman–Crippen LogP) is 11.9. The van der Waals surface area contributed by atoms with E-state index >= 15 is 0 Å². The topological polar surface area (TPSA) is 51.5 Å². The molecule has 0 N–H and O–H groups in total. The standard InChI is InChI=1S/C48H29N5/c49-30-31-28-38(39-20-13-27-48(50-39)53-44-25-11-5-18-36(44)37-19-6-12-26-45(37)53)47(52-42-23-9-3-16-34(42)35-17-4-10-24-43(35)52)29-46(31)51-40-21-7-1-14-32(40)33-15-2-8-22-41(33)51/h1-29H. The molecule has 0 saturated carbocycles. The van der Waals surface area contributed by atoms with Crippen LogP contribution in [0.5, 0.6) is 0 Å². The normalized spacial score (nSPS) is 11.8. The van der Waals surface area contributed by atoms with Crippen LogP contribution in [0.1, 0.15) is 5.56 Å². The number of hydrogen-bond donors (Lipinski definition) is 0. The van der Waals surface area contributed by atoms with E-state index in [0.717, 1.165) is 72.3 Å². The largest absolute Gasteiger partial charge is 0.308 e. The van der Waals surface area contributed by atoms with Gasteiger partial charge in [-0.1, -0.05) is 115 Å². The van der Waals surface area contributed by atoms with Gasteiger partial charge in [0.05, 0.1) is 55.7 Å². The van der Waals surface area contributed by atoms with Crippen molar-refractivity contribution in [3.8, 4) is 34.5 Å². The Morgan fingerprint density at radius 3 is 1.17 bits per heavy atom.